The summed E-state index contributed by atoms with van der Waals surface area (Å²) in [4.78, 5) is 39.0. The number of amides is 2. The summed E-state index contributed by atoms with van der Waals surface area (Å²) >= 11 is 0. The zero-order chi connectivity index (χ0) is 21.7. The number of anilines is 1. The SMILES string of the molecule is CCC(=O)N1CCc2cc(C(=O)NC(CC(=O)OC(C)C)c3ccccc3)ccc21. The van der Waals surface area contributed by atoms with Gasteiger partial charge in [0, 0.05) is 24.2 Å². The van der Waals surface area contributed by atoms with Crippen molar-refractivity contribution in [3.8, 4) is 0 Å². The number of fused-ring (bicyclic) bond motifs is 1. The second-order valence-corrected chi connectivity index (χ2v) is 7.67. The summed E-state index contributed by atoms with van der Waals surface area (Å²) in [6, 6.07) is 14.3. The fourth-order valence-electron chi connectivity index (χ4n) is 3.65. The van der Waals surface area contributed by atoms with Crippen molar-refractivity contribution < 1.29 is 19.1 Å². The van der Waals surface area contributed by atoms with Gasteiger partial charge in [0.1, 0.15) is 0 Å². The summed E-state index contributed by atoms with van der Waals surface area (Å²) in [6.45, 7) is 6.08. The van der Waals surface area contributed by atoms with Crippen molar-refractivity contribution in [3.05, 3.63) is 65.2 Å². The fourth-order valence-corrected chi connectivity index (χ4v) is 3.65. The Labute approximate surface area is 177 Å². The summed E-state index contributed by atoms with van der Waals surface area (Å²) in [7, 11) is 0. The van der Waals surface area contributed by atoms with Gasteiger partial charge in [-0.25, -0.2) is 0 Å². The molecule has 2 aromatic carbocycles. The second kappa shape index (κ2) is 9.57. The maximum Gasteiger partial charge on any atom is 0.308 e. The molecule has 0 radical (unpaired) electrons. The van der Waals surface area contributed by atoms with Crippen LogP contribution in [-0.2, 0) is 20.7 Å². The summed E-state index contributed by atoms with van der Waals surface area (Å²) in [6.07, 6.45) is 1.02. The molecule has 2 amide bonds. The van der Waals surface area contributed by atoms with Gasteiger partial charge in [0.05, 0.1) is 18.6 Å². The van der Waals surface area contributed by atoms with Gasteiger partial charge in [-0.15, -0.1) is 0 Å². The van der Waals surface area contributed by atoms with E-state index in [4.69, 9.17) is 4.74 Å². The summed E-state index contributed by atoms with van der Waals surface area (Å²) in [5.74, 6) is -0.537. The maximum atomic E-state index is 13.0. The minimum atomic E-state index is -0.489. The normalized spacial score (nSPS) is 13.7. The quantitative estimate of drug-likeness (QED) is 0.707. The van der Waals surface area contributed by atoms with Crippen LogP contribution < -0.4 is 10.2 Å². The first-order chi connectivity index (χ1) is 14.4. The van der Waals surface area contributed by atoms with Crippen molar-refractivity contribution in [2.24, 2.45) is 0 Å². The lowest BCUT2D eigenvalue weighted by molar-refractivity contribution is -0.148. The number of carbonyl (C=O) groups excluding carboxylic acids is 3. The molecule has 0 aromatic heterocycles. The molecule has 0 aliphatic carbocycles. The lowest BCUT2D eigenvalue weighted by Gasteiger charge is -2.20. The molecule has 3 rings (SSSR count). The number of carbonyl (C=O) groups is 3. The second-order valence-electron chi connectivity index (χ2n) is 7.67. The van der Waals surface area contributed by atoms with E-state index in [-0.39, 0.29) is 30.3 Å². The van der Waals surface area contributed by atoms with Crippen LogP contribution in [0.2, 0.25) is 0 Å². The highest BCUT2D eigenvalue weighted by atomic mass is 16.5. The highest BCUT2D eigenvalue weighted by Crippen LogP contribution is 2.29. The van der Waals surface area contributed by atoms with E-state index in [9.17, 15) is 14.4 Å². The lowest BCUT2D eigenvalue weighted by Crippen LogP contribution is -2.31. The van der Waals surface area contributed by atoms with Crippen molar-refractivity contribution in [1.29, 1.82) is 0 Å². The lowest BCUT2D eigenvalue weighted by atomic mass is 10.0. The first kappa shape index (κ1) is 21.6. The van der Waals surface area contributed by atoms with Gasteiger partial charge in [-0.1, -0.05) is 37.3 Å². The molecule has 1 unspecified atom stereocenters. The van der Waals surface area contributed by atoms with Crippen LogP contribution in [0.5, 0.6) is 0 Å². The van der Waals surface area contributed by atoms with Crippen LogP contribution in [0.3, 0.4) is 0 Å². The Morgan fingerprint density at radius 1 is 1.10 bits per heavy atom. The van der Waals surface area contributed by atoms with E-state index in [0.717, 1.165) is 23.2 Å². The molecule has 1 heterocycles. The third-order valence-corrected chi connectivity index (χ3v) is 5.09. The smallest absolute Gasteiger partial charge is 0.308 e. The number of ether oxygens (including phenoxy) is 1. The van der Waals surface area contributed by atoms with Crippen molar-refractivity contribution in [2.75, 3.05) is 11.4 Å². The van der Waals surface area contributed by atoms with E-state index in [0.29, 0.717) is 18.5 Å². The van der Waals surface area contributed by atoms with Gasteiger partial charge >= 0.3 is 5.97 Å². The van der Waals surface area contributed by atoms with Crippen LogP contribution in [-0.4, -0.2) is 30.4 Å². The third-order valence-electron chi connectivity index (χ3n) is 5.09. The van der Waals surface area contributed by atoms with E-state index < -0.39 is 6.04 Å². The van der Waals surface area contributed by atoms with Crippen LogP contribution in [0.4, 0.5) is 5.69 Å². The van der Waals surface area contributed by atoms with Crippen molar-refractivity contribution >= 4 is 23.5 Å². The van der Waals surface area contributed by atoms with Gasteiger partial charge in [-0.3, -0.25) is 14.4 Å². The van der Waals surface area contributed by atoms with Crippen LogP contribution >= 0.6 is 0 Å². The Hall–Kier alpha value is -3.15. The number of benzene rings is 2. The Morgan fingerprint density at radius 3 is 2.50 bits per heavy atom. The first-order valence-corrected chi connectivity index (χ1v) is 10.4. The number of rotatable bonds is 7. The van der Waals surface area contributed by atoms with E-state index in [2.05, 4.69) is 5.32 Å². The van der Waals surface area contributed by atoms with E-state index in [1.165, 1.54) is 0 Å². The Kier molecular flexibility index (Phi) is 6.87. The number of nitrogens with zero attached hydrogens (tertiary/aromatic N) is 1. The molecule has 6 heteroatoms. The van der Waals surface area contributed by atoms with Crippen LogP contribution in [0.15, 0.2) is 48.5 Å². The molecular formula is C24H28N2O4. The number of nitrogens with one attached hydrogen (secondary N) is 1. The topological polar surface area (TPSA) is 75.7 Å². The van der Waals surface area contributed by atoms with Crippen LogP contribution in [0, 0.1) is 0 Å². The zero-order valence-corrected chi connectivity index (χ0v) is 17.7. The van der Waals surface area contributed by atoms with Crippen LogP contribution in [0.1, 0.15) is 61.1 Å². The first-order valence-electron chi connectivity index (χ1n) is 10.4. The highest BCUT2D eigenvalue weighted by molar-refractivity contribution is 5.98. The predicted molar refractivity (Wildman–Crippen MR) is 115 cm³/mol. The number of esters is 1. The molecule has 1 atom stereocenters. The average Bonchev–Trinajstić information content (AvgIpc) is 3.16. The third kappa shape index (κ3) is 5.06. The minimum absolute atomic E-state index is 0.0532. The largest absolute Gasteiger partial charge is 0.463 e. The van der Waals surface area contributed by atoms with Gasteiger partial charge in [-0.05, 0) is 49.6 Å². The molecule has 0 fully saturated rings. The van der Waals surface area contributed by atoms with E-state index in [1.807, 2.05) is 49.4 Å². The summed E-state index contributed by atoms with van der Waals surface area (Å²) < 4.78 is 5.27. The minimum Gasteiger partial charge on any atom is -0.463 e. The maximum absolute atomic E-state index is 13.0. The average molecular weight is 408 g/mol. The molecule has 1 N–H and O–H groups in total. The van der Waals surface area contributed by atoms with Gasteiger partial charge < -0.3 is 15.0 Å². The van der Waals surface area contributed by atoms with Gasteiger partial charge in [0.25, 0.3) is 5.91 Å². The molecule has 0 bridgehead atoms. The molecule has 0 saturated carbocycles. The summed E-state index contributed by atoms with van der Waals surface area (Å²) in [5, 5.41) is 2.97. The molecule has 0 saturated heterocycles. The number of hydrogen-bond donors (Lipinski definition) is 1. The highest BCUT2D eigenvalue weighted by Gasteiger charge is 2.25. The van der Waals surface area contributed by atoms with E-state index in [1.54, 1.807) is 24.8 Å². The molecule has 2 aromatic rings. The monoisotopic (exact) mass is 408 g/mol. The fraction of sp³-hybridized carbons (Fsp3) is 0.375. The Balaban J connectivity index is 1.77. The van der Waals surface area contributed by atoms with Crippen molar-refractivity contribution in [1.82, 2.24) is 5.32 Å². The molecular weight excluding hydrogens is 380 g/mol. The molecule has 0 spiro atoms. The van der Waals surface area contributed by atoms with Crippen molar-refractivity contribution in [3.63, 3.8) is 0 Å². The van der Waals surface area contributed by atoms with Crippen LogP contribution in [0.25, 0.3) is 0 Å². The standard InChI is InChI=1S/C24H28N2O4/c1-4-22(27)26-13-12-18-14-19(10-11-21(18)26)24(29)25-20(15-23(28)30-16(2)3)17-8-6-5-7-9-17/h5-11,14,16,20H,4,12-13,15H2,1-3H3,(H,25,29). The van der Waals surface area contributed by atoms with E-state index >= 15 is 0 Å². The van der Waals surface area contributed by atoms with Gasteiger partial charge in [0.2, 0.25) is 5.91 Å². The number of hydrogen-bond acceptors (Lipinski definition) is 4. The molecule has 1 aliphatic rings. The predicted octanol–water partition coefficient (Wildman–Crippen LogP) is 3.80. The Morgan fingerprint density at radius 2 is 1.83 bits per heavy atom. The zero-order valence-electron chi connectivity index (χ0n) is 17.7. The molecule has 158 valence electrons. The summed E-state index contributed by atoms with van der Waals surface area (Å²) in [5.41, 5.74) is 3.21. The van der Waals surface area contributed by atoms with Gasteiger partial charge in [0.15, 0.2) is 0 Å². The molecule has 6 nitrogen and oxygen atoms in total. The van der Waals surface area contributed by atoms with Crippen molar-refractivity contribution in [2.45, 2.75) is 52.2 Å². The molecule has 1 aliphatic heterocycles. The Bertz CT molecular complexity index is 924. The molecule has 30 heavy (non-hydrogen) atoms. The van der Waals surface area contributed by atoms with Gasteiger partial charge in [-0.2, -0.15) is 0 Å².